The van der Waals surface area contributed by atoms with Gasteiger partial charge in [0.05, 0.1) is 5.25 Å². The fourth-order valence-electron chi connectivity index (χ4n) is 0.916. The monoisotopic (exact) mass is 152 g/mol. The second-order valence-electron chi connectivity index (χ2n) is 2.26. The lowest BCUT2D eigenvalue weighted by molar-refractivity contribution is 0.778. The van der Waals surface area contributed by atoms with Crippen molar-refractivity contribution in [2.75, 3.05) is 5.75 Å². The highest BCUT2D eigenvalue weighted by atomic mass is 32.2. The van der Waals surface area contributed by atoms with Gasteiger partial charge in [-0.3, -0.25) is 0 Å². The van der Waals surface area contributed by atoms with Crippen LogP contribution in [0.3, 0.4) is 0 Å². The summed E-state index contributed by atoms with van der Waals surface area (Å²) >= 11 is 1.93. The van der Waals surface area contributed by atoms with Crippen molar-refractivity contribution in [1.82, 2.24) is 9.97 Å². The van der Waals surface area contributed by atoms with E-state index in [-0.39, 0.29) is 0 Å². The van der Waals surface area contributed by atoms with Crippen molar-refractivity contribution in [3.63, 3.8) is 0 Å². The molecular formula is C7H8N2S. The summed E-state index contributed by atoms with van der Waals surface area (Å²) in [5.74, 6) is 2.27. The topological polar surface area (TPSA) is 25.8 Å². The van der Waals surface area contributed by atoms with Crippen molar-refractivity contribution < 1.29 is 0 Å². The number of hydrogen-bond acceptors (Lipinski definition) is 3. The van der Waals surface area contributed by atoms with Crippen molar-refractivity contribution in [3.05, 3.63) is 24.3 Å². The number of thioether (sulfide) groups is 1. The molecule has 1 aliphatic heterocycles. The third-order valence-electron chi connectivity index (χ3n) is 1.57. The highest BCUT2D eigenvalue weighted by Gasteiger charge is 2.21. The molecule has 3 heteroatoms. The fourth-order valence-corrected chi connectivity index (χ4v) is 1.66. The van der Waals surface area contributed by atoms with Gasteiger partial charge in [0, 0.05) is 12.4 Å². The van der Waals surface area contributed by atoms with Crippen LogP contribution in [0.25, 0.3) is 0 Å². The van der Waals surface area contributed by atoms with Gasteiger partial charge in [-0.15, -0.1) is 0 Å². The lowest BCUT2D eigenvalue weighted by Crippen LogP contribution is -2.09. The Hall–Kier alpha value is -0.570. The van der Waals surface area contributed by atoms with E-state index in [2.05, 4.69) is 9.97 Å². The van der Waals surface area contributed by atoms with Gasteiger partial charge in [-0.1, -0.05) is 0 Å². The summed E-state index contributed by atoms with van der Waals surface area (Å²) in [6.07, 6.45) is 4.86. The molecule has 0 radical (unpaired) electrons. The van der Waals surface area contributed by atoms with E-state index in [0.29, 0.717) is 5.25 Å². The molecule has 1 fully saturated rings. The van der Waals surface area contributed by atoms with Gasteiger partial charge in [-0.05, 0) is 18.2 Å². The van der Waals surface area contributed by atoms with Crippen LogP contribution in [0.5, 0.6) is 0 Å². The van der Waals surface area contributed by atoms with E-state index in [1.807, 2.05) is 17.8 Å². The van der Waals surface area contributed by atoms with Crippen LogP contribution < -0.4 is 0 Å². The molecule has 1 saturated heterocycles. The first kappa shape index (κ1) is 6.16. The molecule has 2 heterocycles. The summed E-state index contributed by atoms with van der Waals surface area (Å²) < 4.78 is 0. The minimum Gasteiger partial charge on any atom is -0.240 e. The van der Waals surface area contributed by atoms with Gasteiger partial charge in [0.15, 0.2) is 0 Å². The van der Waals surface area contributed by atoms with Gasteiger partial charge >= 0.3 is 0 Å². The molecule has 0 N–H and O–H groups in total. The minimum absolute atomic E-state index is 0.584. The van der Waals surface area contributed by atoms with Crippen molar-refractivity contribution in [2.45, 2.75) is 11.7 Å². The zero-order valence-corrected chi connectivity index (χ0v) is 6.34. The van der Waals surface area contributed by atoms with Gasteiger partial charge in [0.2, 0.25) is 0 Å². The van der Waals surface area contributed by atoms with E-state index in [0.717, 1.165) is 5.82 Å². The predicted molar refractivity (Wildman–Crippen MR) is 41.8 cm³/mol. The second-order valence-corrected chi connectivity index (χ2v) is 3.57. The van der Waals surface area contributed by atoms with Crippen LogP contribution in [0.15, 0.2) is 18.5 Å². The van der Waals surface area contributed by atoms with E-state index in [9.17, 15) is 0 Å². The number of hydrogen-bond donors (Lipinski definition) is 0. The lowest BCUT2D eigenvalue weighted by Gasteiger charge is -2.22. The van der Waals surface area contributed by atoms with Crippen molar-refractivity contribution in [2.24, 2.45) is 0 Å². The van der Waals surface area contributed by atoms with Gasteiger partial charge in [0.1, 0.15) is 5.82 Å². The van der Waals surface area contributed by atoms with E-state index >= 15 is 0 Å². The molecular weight excluding hydrogens is 144 g/mol. The van der Waals surface area contributed by atoms with E-state index in [1.54, 1.807) is 12.4 Å². The number of nitrogens with zero attached hydrogens (tertiary/aromatic N) is 2. The van der Waals surface area contributed by atoms with Crippen LogP contribution in [0.1, 0.15) is 17.5 Å². The minimum atomic E-state index is 0.584. The van der Waals surface area contributed by atoms with E-state index in [4.69, 9.17) is 0 Å². The highest BCUT2D eigenvalue weighted by molar-refractivity contribution is 8.00. The smallest absolute Gasteiger partial charge is 0.141 e. The molecule has 1 aromatic heterocycles. The molecule has 10 heavy (non-hydrogen) atoms. The number of aromatic nitrogens is 2. The first-order chi connectivity index (χ1) is 4.97. The summed E-state index contributed by atoms with van der Waals surface area (Å²) in [5, 5.41) is 0.584. The molecule has 0 saturated carbocycles. The molecule has 0 spiro atoms. The maximum absolute atomic E-state index is 4.17. The van der Waals surface area contributed by atoms with Gasteiger partial charge in [0.25, 0.3) is 0 Å². The Bertz CT molecular complexity index is 208. The molecule has 0 aromatic carbocycles. The quantitative estimate of drug-likeness (QED) is 0.612. The van der Waals surface area contributed by atoms with Crippen LogP contribution in [0.4, 0.5) is 0 Å². The van der Waals surface area contributed by atoms with Gasteiger partial charge < -0.3 is 0 Å². The normalized spacial score (nSPS) is 23.8. The van der Waals surface area contributed by atoms with Gasteiger partial charge in [-0.2, -0.15) is 11.8 Å². The maximum Gasteiger partial charge on any atom is 0.141 e. The molecule has 2 nitrogen and oxygen atoms in total. The molecule has 0 bridgehead atoms. The average Bonchev–Trinajstić information content (AvgIpc) is 1.86. The average molecular weight is 152 g/mol. The maximum atomic E-state index is 4.17. The largest absolute Gasteiger partial charge is 0.240 e. The van der Waals surface area contributed by atoms with Crippen LogP contribution in [-0.4, -0.2) is 15.7 Å². The third kappa shape index (κ3) is 1.01. The third-order valence-corrected chi connectivity index (χ3v) is 2.89. The molecule has 2 rings (SSSR count). The van der Waals surface area contributed by atoms with E-state index < -0.39 is 0 Å². The van der Waals surface area contributed by atoms with Crippen LogP contribution in [0.2, 0.25) is 0 Å². The Kier molecular flexibility index (Phi) is 1.59. The Labute approximate surface area is 64.1 Å². The lowest BCUT2D eigenvalue weighted by atomic mass is 10.3. The SMILES string of the molecule is c1cnc(C2CCS2)nc1. The number of rotatable bonds is 1. The molecule has 1 unspecified atom stereocenters. The van der Waals surface area contributed by atoms with Crippen LogP contribution in [-0.2, 0) is 0 Å². The first-order valence-electron chi connectivity index (χ1n) is 3.35. The summed E-state index contributed by atoms with van der Waals surface area (Å²) in [6, 6.07) is 1.85. The Morgan fingerprint density at radius 2 is 2.10 bits per heavy atom. The molecule has 1 aromatic rings. The van der Waals surface area contributed by atoms with Crippen molar-refractivity contribution in [1.29, 1.82) is 0 Å². The zero-order chi connectivity index (χ0) is 6.81. The molecule has 52 valence electrons. The Morgan fingerprint density at radius 3 is 2.60 bits per heavy atom. The summed E-state index contributed by atoms with van der Waals surface area (Å²) in [5.41, 5.74) is 0. The molecule has 0 amide bonds. The Morgan fingerprint density at radius 1 is 1.40 bits per heavy atom. The van der Waals surface area contributed by atoms with Crippen LogP contribution >= 0.6 is 11.8 Å². The second kappa shape index (κ2) is 2.58. The first-order valence-corrected chi connectivity index (χ1v) is 4.40. The summed E-state index contributed by atoms with van der Waals surface area (Å²) in [6.45, 7) is 0. The van der Waals surface area contributed by atoms with Crippen molar-refractivity contribution >= 4 is 11.8 Å². The summed E-state index contributed by atoms with van der Waals surface area (Å²) in [4.78, 5) is 8.34. The zero-order valence-electron chi connectivity index (χ0n) is 5.53. The van der Waals surface area contributed by atoms with Crippen LogP contribution in [0, 0.1) is 0 Å². The predicted octanol–water partition coefficient (Wildman–Crippen LogP) is 1.65. The highest BCUT2D eigenvalue weighted by Crippen LogP contribution is 2.39. The Balaban J connectivity index is 2.18. The van der Waals surface area contributed by atoms with E-state index in [1.165, 1.54) is 12.2 Å². The molecule has 0 aliphatic carbocycles. The summed E-state index contributed by atoms with van der Waals surface area (Å²) in [7, 11) is 0. The van der Waals surface area contributed by atoms with Crippen molar-refractivity contribution in [3.8, 4) is 0 Å². The molecule has 1 aliphatic rings. The van der Waals surface area contributed by atoms with Gasteiger partial charge in [-0.25, -0.2) is 9.97 Å². The standard InChI is InChI=1S/C7H8N2S/c1-3-8-7(9-4-1)6-2-5-10-6/h1,3-4,6H,2,5H2. The molecule has 1 atom stereocenters. The fraction of sp³-hybridized carbons (Fsp3) is 0.429.